The first kappa shape index (κ1) is 19.5. The number of esters is 1. The minimum Gasteiger partial charge on any atom is -0.497 e. The van der Waals surface area contributed by atoms with Crippen molar-refractivity contribution < 1.29 is 19.1 Å². The van der Waals surface area contributed by atoms with Gasteiger partial charge in [-0.2, -0.15) is 0 Å². The molecule has 26 heavy (non-hydrogen) atoms. The van der Waals surface area contributed by atoms with Crippen LogP contribution in [0.5, 0.6) is 5.75 Å². The van der Waals surface area contributed by atoms with Crippen LogP contribution in [0.4, 0.5) is 5.69 Å². The lowest BCUT2D eigenvalue weighted by atomic mass is 9.97. The van der Waals surface area contributed by atoms with E-state index in [1.807, 2.05) is 24.3 Å². The fourth-order valence-corrected chi connectivity index (χ4v) is 2.55. The summed E-state index contributed by atoms with van der Waals surface area (Å²) in [6, 6.07) is 14.8. The molecule has 2 rings (SSSR count). The van der Waals surface area contributed by atoms with Crippen LogP contribution in [-0.4, -0.2) is 25.6 Å². The molecule has 0 heterocycles. The molecule has 1 atom stereocenters. The third-order valence-corrected chi connectivity index (χ3v) is 4.25. The SMILES string of the molecule is CC[C@H](C)c1ccccc1NC(=O)COC(=O)Cc1ccc(OC)cc1. The maximum absolute atomic E-state index is 12.1. The Morgan fingerprint density at radius 3 is 2.42 bits per heavy atom. The lowest BCUT2D eigenvalue weighted by Gasteiger charge is -2.15. The molecule has 0 fully saturated rings. The molecule has 5 heteroatoms. The zero-order valence-corrected chi connectivity index (χ0v) is 15.5. The van der Waals surface area contributed by atoms with Crippen LogP contribution in [0.3, 0.4) is 0 Å². The second kappa shape index (κ2) is 9.61. The van der Waals surface area contributed by atoms with Crippen LogP contribution in [0.15, 0.2) is 48.5 Å². The largest absolute Gasteiger partial charge is 0.497 e. The van der Waals surface area contributed by atoms with Crippen LogP contribution in [0, 0.1) is 0 Å². The molecule has 2 aromatic carbocycles. The van der Waals surface area contributed by atoms with Crippen LogP contribution in [-0.2, 0) is 20.7 Å². The number of anilines is 1. The maximum Gasteiger partial charge on any atom is 0.310 e. The van der Waals surface area contributed by atoms with Gasteiger partial charge in [0.15, 0.2) is 6.61 Å². The van der Waals surface area contributed by atoms with Gasteiger partial charge in [-0.15, -0.1) is 0 Å². The molecule has 0 spiro atoms. The number of hydrogen-bond acceptors (Lipinski definition) is 4. The summed E-state index contributed by atoms with van der Waals surface area (Å²) in [5.41, 5.74) is 2.64. The molecule has 1 amide bonds. The second-order valence-electron chi connectivity index (χ2n) is 6.13. The highest BCUT2D eigenvalue weighted by Gasteiger charge is 2.13. The van der Waals surface area contributed by atoms with Crippen molar-refractivity contribution in [3.05, 3.63) is 59.7 Å². The molecule has 0 saturated carbocycles. The third kappa shape index (κ3) is 5.62. The number of para-hydroxylation sites is 1. The van der Waals surface area contributed by atoms with Gasteiger partial charge in [-0.3, -0.25) is 9.59 Å². The van der Waals surface area contributed by atoms with Crippen molar-refractivity contribution in [3.8, 4) is 5.75 Å². The van der Waals surface area contributed by atoms with E-state index >= 15 is 0 Å². The lowest BCUT2D eigenvalue weighted by Crippen LogP contribution is -2.22. The zero-order chi connectivity index (χ0) is 18.9. The fraction of sp³-hybridized carbons (Fsp3) is 0.333. The van der Waals surface area contributed by atoms with Gasteiger partial charge in [-0.1, -0.05) is 44.2 Å². The first-order valence-corrected chi connectivity index (χ1v) is 8.70. The molecule has 0 radical (unpaired) electrons. The van der Waals surface area contributed by atoms with Crippen LogP contribution in [0.1, 0.15) is 37.3 Å². The van der Waals surface area contributed by atoms with E-state index in [0.29, 0.717) is 5.92 Å². The Bertz CT molecular complexity index is 740. The summed E-state index contributed by atoms with van der Waals surface area (Å²) in [6.07, 6.45) is 1.09. The molecule has 0 aliphatic rings. The minimum atomic E-state index is -0.444. The Kier molecular flexibility index (Phi) is 7.21. The highest BCUT2D eigenvalue weighted by atomic mass is 16.5. The molecule has 0 saturated heterocycles. The maximum atomic E-state index is 12.1. The lowest BCUT2D eigenvalue weighted by molar-refractivity contribution is -0.146. The Morgan fingerprint density at radius 1 is 1.08 bits per heavy atom. The Balaban J connectivity index is 1.85. The van der Waals surface area contributed by atoms with Gasteiger partial charge < -0.3 is 14.8 Å². The van der Waals surface area contributed by atoms with Crippen molar-refractivity contribution in [3.63, 3.8) is 0 Å². The van der Waals surface area contributed by atoms with Gasteiger partial charge in [0.25, 0.3) is 5.91 Å². The topological polar surface area (TPSA) is 64.6 Å². The summed E-state index contributed by atoms with van der Waals surface area (Å²) < 4.78 is 10.2. The standard InChI is InChI=1S/C21H25NO4/c1-4-15(2)18-7-5-6-8-19(18)22-20(23)14-26-21(24)13-16-9-11-17(25-3)12-10-16/h5-12,15H,4,13-14H2,1-3H3,(H,22,23)/t15-/m0/s1. The van der Waals surface area contributed by atoms with Crippen molar-refractivity contribution >= 4 is 17.6 Å². The Labute approximate surface area is 154 Å². The number of rotatable bonds is 8. The van der Waals surface area contributed by atoms with Crippen LogP contribution >= 0.6 is 0 Å². The van der Waals surface area contributed by atoms with E-state index in [0.717, 1.165) is 29.0 Å². The number of carbonyl (C=O) groups excluding carboxylic acids is 2. The molecule has 1 N–H and O–H groups in total. The fourth-order valence-electron chi connectivity index (χ4n) is 2.55. The first-order chi connectivity index (χ1) is 12.5. The number of hydrogen-bond donors (Lipinski definition) is 1. The molecule has 2 aromatic rings. The smallest absolute Gasteiger partial charge is 0.310 e. The summed E-state index contributed by atoms with van der Waals surface area (Å²) in [6.45, 7) is 3.91. The Morgan fingerprint density at radius 2 is 1.77 bits per heavy atom. The summed E-state index contributed by atoms with van der Waals surface area (Å²) in [5.74, 6) is 0.273. The monoisotopic (exact) mass is 355 g/mol. The van der Waals surface area contributed by atoms with E-state index in [4.69, 9.17) is 9.47 Å². The highest BCUT2D eigenvalue weighted by Crippen LogP contribution is 2.26. The first-order valence-electron chi connectivity index (χ1n) is 8.70. The molecule has 0 aliphatic carbocycles. The molecule has 138 valence electrons. The van der Waals surface area contributed by atoms with E-state index in [1.165, 1.54) is 0 Å². The van der Waals surface area contributed by atoms with Crippen molar-refractivity contribution in [2.45, 2.75) is 32.6 Å². The predicted octanol–water partition coefficient (Wildman–Crippen LogP) is 3.93. The second-order valence-corrected chi connectivity index (χ2v) is 6.13. The number of ether oxygens (including phenoxy) is 2. The van der Waals surface area contributed by atoms with E-state index in [2.05, 4.69) is 19.2 Å². The molecule has 5 nitrogen and oxygen atoms in total. The number of amides is 1. The van der Waals surface area contributed by atoms with Crippen molar-refractivity contribution in [2.75, 3.05) is 19.0 Å². The summed E-state index contributed by atoms with van der Waals surface area (Å²) in [7, 11) is 1.58. The average molecular weight is 355 g/mol. The van der Waals surface area contributed by atoms with E-state index in [1.54, 1.807) is 31.4 Å². The number of carbonyl (C=O) groups is 2. The number of nitrogens with one attached hydrogen (secondary N) is 1. The average Bonchev–Trinajstić information content (AvgIpc) is 2.67. The minimum absolute atomic E-state index is 0.112. The van der Waals surface area contributed by atoms with Gasteiger partial charge in [-0.25, -0.2) is 0 Å². The van der Waals surface area contributed by atoms with Gasteiger partial charge in [0.2, 0.25) is 0 Å². The molecule has 0 bridgehead atoms. The summed E-state index contributed by atoms with van der Waals surface area (Å²) in [4.78, 5) is 24.0. The molecular formula is C21H25NO4. The van der Waals surface area contributed by atoms with Crippen molar-refractivity contribution in [1.82, 2.24) is 0 Å². The van der Waals surface area contributed by atoms with Gasteiger partial charge in [0.05, 0.1) is 13.5 Å². The predicted molar refractivity (Wildman–Crippen MR) is 101 cm³/mol. The normalized spacial score (nSPS) is 11.5. The highest BCUT2D eigenvalue weighted by molar-refractivity contribution is 5.93. The molecule has 0 aliphatic heterocycles. The quantitative estimate of drug-likeness (QED) is 0.729. The van der Waals surface area contributed by atoms with Gasteiger partial charge in [-0.05, 0) is 41.7 Å². The third-order valence-electron chi connectivity index (χ3n) is 4.25. The molecular weight excluding hydrogens is 330 g/mol. The number of methoxy groups -OCH3 is 1. The molecule has 0 unspecified atom stereocenters. The van der Waals surface area contributed by atoms with Crippen LogP contribution in [0.2, 0.25) is 0 Å². The Hall–Kier alpha value is -2.82. The van der Waals surface area contributed by atoms with Crippen molar-refractivity contribution in [2.24, 2.45) is 0 Å². The van der Waals surface area contributed by atoms with Gasteiger partial charge in [0.1, 0.15) is 5.75 Å². The number of benzene rings is 2. The van der Waals surface area contributed by atoms with Gasteiger partial charge in [0, 0.05) is 5.69 Å². The van der Waals surface area contributed by atoms with E-state index < -0.39 is 5.97 Å². The summed E-state index contributed by atoms with van der Waals surface area (Å²) in [5, 5.41) is 2.83. The van der Waals surface area contributed by atoms with E-state index in [9.17, 15) is 9.59 Å². The van der Waals surface area contributed by atoms with Crippen LogP contribution < -0.4 is 10.1 Å². The van der Waals surface area contributed by atoms with E-state index in [-0.39, 0.29) is 18.9 Å². The van der Waals surface area contributed by atoms with Crippen molar-refractivity contribution in [1.29, 1.82) is 0 Å². The van der Waals surface area contributed by atoms with Gasteiger partial charge >= 0.3 is 5.97 Å². The zero-order valence-electron chi connectivity index (χ0n) is 15.5. The summed E-state index contributed by atoms with van der Waals surface area (Å²) >= 11 is 0. The molecule has 0 aromatic heterocycles. The van der Waals surface area contributed by atoms with Crippen LogP contribution in [0.25, 0.3) is 0 Å².